The number of benzene rings is 2. The predicted molar refractivity (Wildman–Crippen MR) is 150 cm³/mol. The summed E-state index contributed by atoms with van der Waals surface area (Å²) in [5, 5.41) is 28.7. The van der Waals surface area contributed by atoms with E-state index in [1.54, 1.807) is 20.8 Å². The Kier molecular flexibility index (Phi) is 9.16. The summed E-state index contributed by atoms with van der Waals surface area (Å²) in [5.74, 6) is -5.31. The molecule has 0 saturated heterocycles. The number of anilines is 1. The molecule has 13 heteroatoms. The summed E-state index contributed by atoms with van der Waals surface area (Å²) in [6, 6.07) is 9.96. The topological polar surface area (TPSA) is 190 Å². The quantitative estimate of drug-likeness (QED) is 0.215. The Morgan fingerprint density at radius 3 is 2.10 bits per heavy atom. The van der Waals surface area contributed by atoms with Crippen LogP contribution in [-0.4, -0.2) is 71.0 Å². The number of hydrogen-bond acceptors (Lipinski definition) is 9. The van der Waals surface area contributed by atoms with E-state index in [4.69, 9.17) is 14.2 Å². The van der Waals surface area contributed by atoms with Crippen LogP contribution in [0.25, 0.3) is 0 Å². The van der Waals surface area contributed by atoms with E-state index in [0.29, 0.717) is 11.3 Å². The summed E-state index contributed by atoms with van der Waals surface area (Å²) < 4.78 is 15.7. The monoisotopic (exact) mass is 585 g/mol. The van der Waals surface area contributed by atoms with E-state index in [9.17, 15) is 34.2 Å². The van der Waals surface area contributed by atoms with Crippen molar-refractivity contribution in [3.63, 3.8) is 0 Å². The molecule has 0 aliphatic heterocycles. The number of ether oxygens (including phenoxy) is 3. The van der Waals surface area contributed by atoms with Crippen LogP contribution in [0.5, 0.6) is 11.5 Å². The van der Waals surface area contributed by atoms with Crippen LogP contribution in [0.4, 0.5) is 10.5 Å². The van der Waals surface area contributed by atoms with Crippen molar-refractivity contribution in [1.29, 1.82) is 0 Å². The molecule has 3 rings (SSSR count). The molecule has 1 fully saturated rings. The molecule has 3 atom stereocenters. The van der Waals surface area contributed by atoms with Gasteiger partial charge in [-0.3, -0.25) is 19.7 Å². The second kappa shape index (κ2) is 12.1. The zero-order chi connectivity index (χ0) is 31.5. The molecule has 13 nitrogen and oxygen atoms in total. The van der Waals surface area contributed by atoms with E-state index in [1.807, 2.05) is 0 Å². The van der Waals surface area contributed by atoms with Crippen LogP contribution in [-0.2, 0) is 19.1 Å². The Bertz CT molecular complexity index is 1390. The number of rotatable bonds is 9. The Hall–Kier alpha value is -4.65. The fourth-order valence-electron chi connectivity index (χ4n) is 5.29. The van der Waals surface area contributed by atoms with Gasteiger partial charge in [0.2, 0.25) is 0 Å². The van der Waals surface area contributed by atoms with Gasteiger partial charge in [0.15, 0.2) is 22.6 Å². The third-order valence-corrected chi connectivity index (χ3v) is 7.08. The molecule has 2 amide bonds. The van der Waals surface area contributed by atoms with Crippen LogP contribution in [0.15, 0.2) is 42.5 Å². The molecule has 0 heterocycles. The van der Waals surface area contributed by atoms with Crippen molar-refractivity contribution in [2.45, 2.75) is 63.1 Å². The lowest BCUT2D eigenvalue weighted by Crippen LogP contribution is -2.75. The number of aliphatic carboxylic acids is 2. The third-order valence-electron chi connectivity index (χ3n) is 7.08. The highest BCUT2D eigenvalue weighted by Crippen LogP contribution is 2.51. The van der Waals surface area contributed by atoms with E-state index in [0.717, 1.165) is 0 Å². The molecule has 1 aliphatic carbocycles. The number of carbonyl (C=O) groups is 5. The first-order valence-electron chi connectivity index (χ1n) is 13.0. The molecule has 0 aromatic heterocycles. The molecule has 226 valence electrons. The summed E-state index contributed by atoms with van der Waals surface area (Å²) in [7, 11) is 2.66. The number of esters is 1. The molecule has 2 aromatic rings. The van der Waals surface area contributed by atoms with Gasteiger partial charge in [0, 0.05) is 24.1 Å². The molecule has 5 N–H and O–H groups in total. The van der Waals surface area contributed by atoms with Gasteiger partial charge in [0.25, 0.3) is 5.91 Å². The van der Waals surface area contributed by atoms with Gasteiger partial charge in [-0.1, -0.05) is 6.07 Å². The van der Waals surface area contributed by atoms with E-state index in [1.165, 1.54) is 63.5 Å². The van der Waals surface area contributed by atoms with Crippen LogP contribution in [0.2, 0.25) is 0 Å². The molecule has 1 aliphatic rings. The SMILES string of the molecule is CNC1(C(=O)O)CCC(c2ccc(OC(C)=O)c(OC)c2)C1(NC(=O)c1ccc(NC(=O)OC(C)(C)C)cc1)C(=O)O. The lowest BCUT2D eigenvalue weighted by atomic mass is 9.72. The van der Waals surface area contributed by atoms with Gasteiger partial charge in [-0.05, 0) is 82.6 Å². The molecule has 2 aromatic carbocycles. The minimum absolute atomic E-state index is 0.0224. The number of carboxylic acid groups (broad SMARTS) is 2. The van der Waals surface area contributed by atoms with E-state index >= 15 is 0 Å². The number of likely N-dealkylation sites (N-methyl/N-ethyl adjacent to an activating group) is 1. The molecule has 42 heavy (non-hydrogen) atoms. The number of carboxylic acids is 2. The Morgan fingerprint density at radius 1 is 0.952 bits per heavy atom. The lowest BCUT2D eigenvalue weighted by Gasteiger charge is -2.43. The van der Waals surface area contributed by atoms with Gasteiger partial charge in [0.05, 0.1) is 7.11 Å². The highest BCUT2D eigenvalue weighted by atomic mass is 16.6. The van der Waals surface area contributed by atoms with Crippen LogP contribution in [0.1, 0.15) is 62.4 Å². The summed E-state index contributed by atoms with van der Waals surface area (Å²) >= 11 is 0. The van der Waals surface area contributed by atoms with Crippen molar-refractivity contribution < 1.29 is 48.4 Å². The summed E-state index contributed by atoms with van der Waals surface area (Å²) in [6.07, 6.45) is -0.772. The summed E-state index contributed by atoms with van der Waals surface area (Å²) in [4.78, 5) is 62.9. The predicted octanol–water partition coefficient (Wildman–Crippen LogP) is 3.14. The lowest BCUT2D eigenvalue weighted by molar-refractivity contribution is -0.159. The fourth-order valence-corrected chi connectivity index (χ4v) is 5.29. The maximum atomic E-state index is 13.5. The van der Waals surface area contributed by atoms with Crippen molar-refractivity contribution in [1.82, 2.24) is 10.6 Å². The minimum Gasteiger partial charge on any atom is -0.493 e. The number of methoxy groups -OCH3 is 1. The Balaban J connectivity index is 2.03. The highest BCUT2D eigenvalue weighted by molar-refractivity contribution is 6.03. The van der Waals surface area contributed by atoms with Crippen molar-refractivity contribution in [2.24, 2.45) is 0 Å². The first-order chi connectivity index (χ1) is 19.6. The first-order valence-corrected chi connectivity index (χ1v) is 13.0. The van der Waals surface area contributed by atoms with Crippen molar-refractivity contribution in [3.05, 3.63) is 53.6 Å². The summed E-state index contributed by atoms with van der Waals surface area (Å²) in [6.45, 7) is 6.34. The zero-order valence-corrected chi connectivity index (χ0v) is 24.2. The van der Waals surface area contributed by atoms with Crippen molar-refractivity contribution in [2.75, 3.05) is 19.5 Å². The van der Waals surface area contributed by atoms with E-state index in [-0.39, 0.29) is 29.9 Å². The number of carbonyl (C=O) groups excluding carboxylic acids is 3. The zero-order valence-electron chi connectivity index (χ0n) is 24.2. The largest absolute Gasteiger partial charge is 0.493 e. The van der Waals surface area contributed by atoms with Crippen LogP contribution >= 0.6 is 0 Å². The molecular formula is C29H35N3O10. The van der Waals surface area contributed by atoms with Crippen LogP contribution in [0.3, 0.4) is 0 Å². The number of hydrogen-bond donors (Lipinski definition) is 5. The van der Waals surface area contributed by atoms with E-state index < -0.39 is 52.5 Å². The normalized spacial score (nSPS) is 21.6. The summed E-state index contributed by atoms with van der Waals surface area (Å²) in [5.41, 5.74) is -4.50. The Morgan fingerprint density at radius 2 is 1.60 bits per heavy atom. The maximum absolute atomic E-state index is 13.5. The van der Waals surface area contributed by atoms with Crippen molar-refractivity contribution >= 4 is 35.6 Å². The average Bonchev–Trinajstić information content (AvgIpc) is 3.24. The van der Waals surface area contributed by atoms with Crippen molar-refractivity contribution in [3.8, 4) is 11.5 Å². The molecule has 0 spiro atoms. The Labute approximate surface area is 242 Å². The van der Waals surface area contributed by atoms with Crippen LogP contribution in [0, 0.1) is 0 Å². The van der Waals surface area contributed by atoms with Gasteiger partial charge < -0.3 is 35.1 Å². The minimum atomic E-state index is -2.37. The third kappa shape index (κ3) is 6.15. The second-order valence-electron chi connectivity index (χ2n) is 10.8. The van der Waals surface area contributed by atoms with Gasteiger partial charge in [0.1, 0.15) is 5.60 Å². The van der Waals surface area contributed by atoms with Crippen LogP contribution < -0.4 is 25.4 Å². The van der Waals surface area contributed by atoms with Gasteiger partial charge in [-0.25, -0.2) is 9.59 Å². The van der Waals surface area contributed by atoms with Gasteiger partial charge >= 0.3 is 24.0 Å². The van der Waals surface area contributed by atoms with E-state index in [2.05, 4.69) is 16.0 Å². The maximum Gasteiger partial charge on any atom is 0.412 e. The fraction of sp³-hybridized carbons (Fsp3) is 0.414. The highest BCUT2D eigenvalue weighted by Gasteiger charge is 2.70. The molecule has 1 saturated carbocycles. The average molecular weight is 586 g/mol. The number of amides is 2. The molecule has 3 unspecified atom stereocenters. The first kappa shape index (κ1) is 31.9. The molecule has 0 bridgehead atoms. The smallest absolute Gasteiger partial charge is 0.412 e. The second-order valence-corrected chi connectivity index (χ2v) is 10.8. The molecule has 0 radical (unpaired) electrons. The standard InChI is InChI=1S/C29H35N3O10/c1-16(33)41-21-12-9-18(15-22(21)40-6)20-13-14-28(30-5,24(35)36)29(20,25(37)38)32-23(34)17-7-10-19(11-8-17)31-26(39)42-27(2,3)4/h7-12,15,20,30H,13-14H2,1-6H3,(H,31,39)(H,32,34)(H,35,36)(H,37,38). The molecular weight excluding hydrogens is 550 g/mol. The number of nitrogens with one attached hydrogen (secondary N) is 3. The van der Waals surface area contributed by atoms with Gasteiger partial charge in [-0.2, -0.15) is 0 Å². The van der Waals surface area contributed by atoms with Gasteiger partial charge in [-0.15, -0.1) is 0 Å².